The van der Waals surface area contributed by atoms with E-state index in [1.807, 2.05) is 22.9 Å². The number of nitro benzene ring substituents is 1. The molecule has 3 aromatic carbocycles. The quantitative estimate of drug-likeness (QED) is 0.0773. The zero-order valence-corrected chi connectivity index (χ0v) is 35.9. The van der Waals surface area contributed by atoms with E-state index in [0.29, 0.717) is 48.1 Å². The Morgan fingerprint density at radius 3 is 2.63 bits per heavy atom. The lowest BCUT2D eigenvalue weighted by atomic mass is 9.53. The van der Waals surface area contributed by atoms with E-state index >= 15 is 4.39 Å². The van der Waals surface area contributed by atoms with Crippen LogP contribution in [-0.2, 0) is 19.5 Å². The molecule has 1 amide bonds. The van der Waals surface area contributed by atoms with Crippen LogP contribution in [-0.4, -0.2) is 99.3 Å². The Morgan fingerprint density at radius 1 is 1.06 bits per heavy atom. The fraction of sp³-hybridized carbons (Fsp3) is 0.378. The van der Waals surface area contributed by atoms with Crippen molar-refractivity contribution in [2.45, 2.75) is 43.1 Å². The number of carbonyl (C=O) groups is 1. The Morgan fingerprint density at radius 2 is 1.89 bits per heavy atom. The first-order valence-electron chi connectivity index (χ1n) is 21.1. The van der Waals surface area contributed by atoms with Crippen molar-refractivity contribution in [1.82, 2.24) is 19.6 Å². The molecule has 1 saturated carbocycles. The Bertz CT molecular complexity index is 2670. The first-order chi connectivity index (χ1) is 30.4. The number of H-pyrrole nitrogens is 1. The van der Waals surface area contributed by atoms with Gasteiger partial charge in [-0.05, 0) is 91.0 Å². The van der Waals surface area contributed by atoms with Crippen LogP contribution in [0.5, 0.6) is 11.5 Å². The number of pyridine rings is 1. The van der Waals surface area contributed by atoms with Crippen LogP contribution in [0.25, 0.3) is 16.6 Å². The highest BCUT2D eigenvalue weighted by molar-refractivity contribution is 7.90. The normalized spacial score (nSPS) is 21.7. The maximum atomic E-state index is 15.5. The van der Waals surface area contributed by atoms with Crippen molar-refractivity contribution in [3.63, 3.8) is 0 Å². The van der Waals surface area contributed by atoms with E-state index in [4.69, 9.17) is 25.8 Å². The Hall–Kier alpha value is -5.59. The molecule has 2 aliphatic carbocycles. The third-order valence-corrected chi connectivity index (χ3v) is 14.4. The number of allylic oxidation sites excluding steroid dienone is 2. The van der Waals surface area contributed by atoms with Gasteiger partial charge >= 0.3 is 0 Å². The lowest BCUT2D eigenvalue weighted by Gasteiger charge is -2.54. The van der Waals surface area contributed by atoms with Crippen LogP contribution in [0.3, 0.4) is 0 Å². The molecule has 3 atom stereocenters. The number of anilines is 2. The molecular formula is C45H47ClFN7O8S. The SMILES string of the molecule is O=C(NS(=O)(=O)c1cc([N+](=O)[O-])c(NC[C@H]2COCCO2)cc1F)c1ccc(N2CCN(C[C@H]3CC[C@]34CCC=C(c3ccc(Cl)cc3)C4)CC2)cc1Oc1cnc2[nH]ccc2c1. The summed E-state index contributed by atoms with van der Waals surface area (Å²) in [6.07, 6.45) is 11.0. The van der Waals surface area contributed by atoms with Crippen molar-refractivity contribution in [1.29, 1.82) is 0 Å². The predicted octanol–water partition coefficient (Wildman–Crippen LogP) is 7.79. The molecule has 2 aliphatic heterocycles. The van der Waals surface area contributed by atoms with Crippen molar-refractivity contribution in [2.75, 3.05) is 69.3 Å². The van der Waals surface area contributed by atoms with Gasteiger partial charge in [-0.15, -0.1) is 0 Å². The second-order valence-corrected chi connectivity index (χ2v) is 18.7. The fourth-order valence-electron chi connectivity index (χ4n) is 9.30. The van der Waals surface area contributed by atoms with Gasteiger partial charge in [0.05, 0.1) is 42.6 Å². The lowest BCUT2D eigenvalue weighted by molar-refractivity contribution is -0.384. The first kappa shape index (κ1) is 42.7. The van der Waals surface area contributed by atoms with E-state index in [-0.39, 0.29) is 30.2 Å². The average molecular weight is 900 g/mol. The van der Waals surface area contributed by atoms with Crippen molar-refractivity contribution in [3.05, 3.63) is 117 Å². The van der Waals surface area contributed by atoms with Crippen molar-refractivity contribution in [3.8, 4) is 11.5 Å². The van der Waals surface area contributed by atoms with Crippen LogP contribution in [0.4, 0.5) is 21.5 Å². The van der Waals surface area contributed by atoms with Gasteiger partial charge < -0.3 is 29.4 Å². The average Bonchev–Trinajstić information content (AvgIpc) is 3.76. The number of fused-ring (bicyclic) bond motifs is 1. The molecule has 3 N–H and O–H groups in total. The van der Waals surface area contributed by atoms with Gasteiger partial charge in [-0.2, -0.15) is 0 Å². The number of benzene rings is 3. The standard InChI is InChI=1S/C45H47ClFN7O8S/c46-33-5-3-29(4-6-33)31-2-1-11-45(24-31)12-9-32(45)27-52-14-16-53(17-15-52)34-7-8-37(41(21-34)62-35-20-30-10-13-48-43(30)50-25-35)44(55)51-63(58,59)42-23-40(54(56)57)39(22-38(42)47)49-26-36-28-60-18-19-61-36/h2-8,10,13,20-23,25,32,36,49H,1,9,11-12,14-19,24,26-28H2,(H,48,50)(H,51,55)/t32-,36+,45+/m1/s1. The maximum Gasteiger partial charge on any atom is 0.293 e. The molecule has 9 rings (SSSR count). The molecule has 18 heteroatoms. The van der Waals surface area contributed by atoms with Gasteiger partial charge in [0.25, 0.3) is 21.6 Å². The summed E-state index contributed by atoms with van der Waals surface area (Å²) < 4.78 is 61.8. The Balaban J connectivity index is 0.903. The zero-order valence-electron chi connectivity index (χ0n) is 34.4. The number of amides is 1. The van der Waals surface area contributed by atoms with Crippen molar-refractivity contribution < 1.29 is 36.7 Å². The highest BCUT2D eigenvalue weighted by Gasteiger charge is 2.48. The number of rotatable bonds is 13. The number of piperazine rings is 1. The number of halogens is 2. The number of nitrogens with one attached hydrogen (secondary N) is 3. The zero-order chi connectivity index (χ0) is 43.7. The highest BCUT2D eigenvalue weighted by atomic mass is 35.5. The van der Waals surface area contributed by atoms with E-state index in [2.05, 4.69) is 43.3 Å². The summed E-state index contributed by atoms with van der Waals surface area (Å²) in [4.78, 5) is 36.2. The number of sulfonamides is 1. The molecule has 63 heavy (non-hydrogen) atoms. The third kappa shape index (κ3) is 9.24. The van der Waals surface area contributed by atoms with E-state index in [1.165, 1.54) is 42.7 Å². The van der Waals surface area contributed by atoms with E-state index in [1.54, 1.807) is 24.4 Å². The summed E-state index contributed by atoms with van der Waals surface area (Å²) in [5, 5.41) is 16.3. The molecule has 3 fully saturated rings. The van der Waals surface area contributed by atoms with Gasteiger partial charge in [0.15, 0.2) is 0 Å². The van der Waals surface area contributed by atoms with Crippen LogP contribution in [0.2, 0.25) is 5.02 Å². The number of hydrogen-bond acceptors (Lipinski definition) is 12. The minimum Gasteiger partial charge on any atom is -0.455 e. The molecule has 15 nitrogen and oxygen atoms in total. The van der Waals surface area contributed by atoms with Gasteiger partial charge in [0, 0.05) is 79.8 Å². The minimum atomic E-state index is -4.98. The number of nitro groups is 1. The topological polar surface area (TPSA) is 181 Å². The van der Waals surface area contributed by atoms with Gasteiger partial charge in [0.2, 0.25) is 0 Å². The number of aromatic nitrogens is 2. The number of ether oxygens (including phenoxy) is 3. The summed E-state index contributed by atoms with van der Waals surface area (Å²) in [6.45, 7) is 5.18. The molecule has 0 radical (unpaired) electrons. The second-order valence-electron chi connectivity index (χ2n) is 16.6. The number of aromatic amines is 1. The van der Waals surface area contributed by atoms with Crippen molar-refractivity contribution in [2.24, 2.45) is 11.3 Å². The molecule has 2 aromatic heterocycles. The van der Waals surface area contributed by atoms with E-state index < -0.39 is 43.4 Å². The highest BCUT2D eigenvalue weighted by Crippen LogP contribution is 2.57. The second kappa shape index (κ2) is 17.9. The molecule has 0 bridgehead atoms. The van der Waals surface area contributed by atoms with Crippen LogP contribution >= 0.6 is 11.6 Å². The number of nitrogens with zero attached hydrogens (tertiary/aromatic N) is 4. The Labute approximate surface area is 368 Å². The first-order valence-corrected chi connectivity index (χ1v) is 22.9. The molecule has 5 aromatic rings. The van der Waals surface area contributed by atoms with Crippen molar-refractivity contribution >= 4 is 61.2 Å². The molecule has 2 saturated heterocycles. The molecule has 330 valence electrons. The predicted molar refractivity (Wildman–Crippen MR) is 236 cm³/mol. The molecular weight excluding hydrogens is 853 g/mol. The fourth-order valence-corrected chi connectivity index (χ4v) is 10.5. The largest absolute Gasteiger partial charge is 0.455 e. The van der Waals surface area contributed by atoms with Crippen LogP contribution < -0.4 is 19.7 Å². The summed E-state index contributed by atoms with van der Waals surface area (Å²) >= 11 is 6.18. The third-order valence-electron chi connectivity index (χ3n) is 12.8. The monoisotopic (exact) mass is 899 g/mol. The maximum absolute atomic E-state index is 15.5. The smallest absolute Gasteiger partial charge is 0.293 e. The van der Waals surface area contributed by atoms with Gasteiger partial charge in [-0.1, -0.05) is 29.8 Å². The summed E-state index contributed by atoms with van der Waals surface area (Å²) in [5.74, 6) is -1.47. The van der Waals surface area contributed by atoms with Gasteiger partial charge in [-0.3, -0.25) is 19.8 Å². The van der Waals surface area contributed by atoms with Gasteiger partial charge in [-0.25, -0.2) is 22.5 Å². The molecule has 4 heterocycles. The summed E-state index contributed by atoms with van der Waals surface area (Å²) in [7, 11) is -4.98. The van der Waals surface area contributed by atoms with Crippen LogP contribution in [0.1, 0.15) is 48.0 Å². The van der Waals surface area contributed by atoms with Crippen LogP contribution in [0, 0.1) is 27.3 Å². The number of hydrogen-bond donors (Lipinski definition) is 3. The molecule has 0 unspecified atom stereocenters. The molecule has 4 aliphatic rings. The van der Waals surface area contributed by atoms with E-state index in [0.717, 1.165) is 61.7 Å². The van der Waals surface area contributed by atoms with Crippen LogP contribution in [0.15, 0.2) is 90.1 Å². The summed E-state index contributed by atoms with van der Waals surface area (Å²) in [6, 6.07) is 17.9. The van der Waals surface area contributed by atoms with E-state index in [9.17, 15) is 23.3 Å². The van der Waals surface area contributed by atoms with Gasteiger partial charge in [0.1, 0.15) is 33.5 Å². The molecule has 1 spiro atoms. The minimum absolute atomic E-state index is 0.0393. The summed E-state index contributed by atoms with van der Waals surface area (Å²) in [5.41, 5.74) is 3.26. The lowest BCUT2D eigenvalue weighted by Crippen LogP contribution is -2.52. The number of carbonyl (C=O) groups excluding carboxylic acids is 1. The Kier molecular flexibility index (Phi) is 12.1.